The highest BCUT2D eigenvalue weighted by Crippen LogP contribution is 2.42. The number of carbonyl (C=O) groups is 2. The van der Waals surface area contributed by atoms with Crippen molar-refractivity contribution in [1.29, 1.82) is 0 Å². The highest BCUT2D eigenvalue weighted by Gasteiger charge is 2.43. The van der Waals surface area contributed by atoms with E-state index in [-0.39, 0.29) is 23.3 Å². The van der Waals surface area contributed by atoms with Gasteiger partial charge >= 0.3 is 0 Å². The monoisotopic (exact) mass is 406 g/mol. The third-order valence-corrected chi connectivity index (χ3v) is 7.47. The van der Waals surface area contributed by atoms with Gasteiger partial charge in [0.2, 0.25) is 11.8 Å². The number of rotatable bonds is 7. The van der Waals surface area contributed by atoms with E-state index in [1.807, 2.05) is 0 Å². The van der Waals surface area contributed by atoms with Gasteiger partial charge in [0.15, 0.2) is 0 Å². The third kappa shape index (κ3) is 5.50. The fourth-order valence-electron chi connectivity index (χ4n) is 5.05. The molecule has 4 aliphatic rings. The zero-order valence-electron chi connectivity index (χ0n) is 18.0. The zero-order chi connectivity index (χ0) is 20.3. The van der Waals surface area contributed by atoms with Crippen LogP contribution in [0.3, 0.4) is 0 Å². The predicted molar refractivity (Wildman–Crippen MR) is 112 cm³/mol. The summed E-state index contributed by atoms with van der Waals surface area (Å²) in [4.78, 5) is 31.5. The molecule has 1 atom stereocenters. The molecule has 3 saturated heterocycles. The first-order valence-corrected chi connectivity index (χ1v) is 11.7. The number of piperazine rings is 1. The average molecular weight is 407 g/mol. The van der Waals surface area contributed by atoms with Gasteiger partial charge in [-0.3, -0.25) is 9.59 Å². The van der Waals surface area contributed by atoms with E-state index in [1.54, 1.807) is 0 Å². The number of carbonyl (C=O) groups excluding carboxylic acids is 2. The summed E-state index contributed by atoms with van der Waals surface area (Å²) in [6.07, 6.45) is 5.94. The number of likely N-dealkylation sites (N-methyl/N-ethyl adjacent to an activating group) is 1. The highest BCUT2D eigenvalue weighted by molar-refractivity contribution is 5.80. The van der Waals surface area contributed by atoms with Gasteiger partial charge in [-0.05, 0) is 44.1 Å². The van der Waals surface area contributed by atoms with E-state index in [1.165, 1.54) is 0 Å². The molecule has 1 unspecified atom stereocenters. The molecule has 164 valence electrons. The second kappa shape index (κ2) is 9.31. The summed E-state index contributed by atoms with van der Waals surface area (Å²) < 4.78 is 6.01. The molecule has 29 heavy (non-hydrogen) atoms. The van der Waals surface area contributed by atoms with E-state index >= 15 is 0 Å². The summed E-state index contributed by atoms with van der Waals surface area (Å²) in [5, 5.41) is 3.05. The largest absolute Gasteiger partial charge is 0.376 e. The molecule has 7 heteroatoms. The Morgan fingerprint density at radius 2 is 1.72 bits per heavy atom. The Hall–Kier alpha value is -1.18. The van der Waals surface area contributed by atoms with Crippen LogP contribution >= 0.6 is 0 Å². The topological polar surface area (TPSA) is 65.1 Å². The molecule has 4 fully saturated rings. The second-order valence-electron chi connectivity index (χ2n) is 9.56. The van der Waals surface area contributed by atoms with Crippen LogP contribution in [0.25, 0.3) is 0 Å². The van der Waals surface area contributed by atoms with Crippen LogP contribution < -0.4 is 5.32 Å². The Morgan fingerprint density at radius 1 is 1.03 bits per heavy atom. The van der Waals surface area contributed by atoms with Crippen molar-refractivity contribution in [2.75, 3.05) is 65.5 Å². The van der Waals surface area contributed by atoms with E-state index in [0.717, 1.165) is 91.1 Å². The first kappa shape index (κ1) is 21.1. The lowest BCUT2D eigenvalue weighted by Gasteiger charge is -2.39. The van der Waals surface area contributed by atoms with Gasteiger partial charge in [0, 0.05) is 64.7 Å². The van der Waals surface area contributed by atoms with Crippen LogP contribution in [0.2, 0.25) is 0 Å². The molecule has 0 radical (unpaired) electrons. The van der Waals surface area contributed by atoms with Gasteiger partial charge in [-0.1, -0.05) is 6.92 Å². The average Bonchev–Trinajstić information content (AvgIpc) is 3.54. The van der Waals surface area contributed by atoms with Gasteiger partial charge in [-0.2, -0.15) is 0 Å². The normalized spacial score (nSPS) is 28.0. The van der Waals surface area contributed by atoms with Gasteiger partial charge in [0.25, 0.3) is 0 Å². The summed E-state index contributed by atoms with van der Waals surface area (Å²) in [6, 6.07) is 0. The molecule has 1 N–H and O–H groups in total. The van der Waals surface area contributed by atoms with Gasteiger partial charge in [0.1, 0.15) is 0 Å². The highest BCUT2D eigenvalue weighted by atomic mass is 16.5. The molecule has 3 aliphatic heterocycles. The number of ether oxygens (including phenoxy) is 1. The van der Waals surface area contributed by atoms with Crippen LogP contribution in [0.5, 0.6) is 0 Å². The van der Waals surface area contributed by atoms with E-state index in [9.17, 15) is 9.59 Å². The molecule has 1 spiro atoms. The van der Waals surface area contributed by atoms with Crippen LogP contribution in [-0.4, -0.2) is 98.1 Å². The van der Waals surface area contributed by atoms with Crippen LogP contribution in [-0.2, 0) is 14.3 Å². The molecule has 2 amide bonds. The standard InChI is InChI=1S/C22H38N4O3/c1-2-24-11-13-25(14-12-24)8-5-20(27)26-9-6-22(7-10-26)15-19(29-17-22)16-23-21(28)18-3-4-18/h18-19H,2-17H2,1H3,(H,23,28). The van der Waals surface area contributed by atoms with Crippen molar-refractivity contribution in [1.82, 2.24) is 20.0 Å². The van der Waals surface area contributed by atoms with Crippen molar-refractivity contribution in [3.8, 4) is 0 Å². The van der Waals surface area contributed by atoms with E-state index in [0.29, 0.717) is 18.9 Å². The summed E-state index contributed by atoms with van der Waals surface area (Å²) >= 11 is 0. The number of piperidine rings is 1. The minimum Gasteiger partial charge on any atom is -0.376 e. The molecule has 4 rings (SSSR count). The molecule has 0 aromatic heterocycles. The van der Waals surface area contributed by atoms with Gasteiger partial charge in [0.05, 0.1) is 12.7 Å². The minimum atomic E-state index is 0.140. The first-order chi connectivity index (χ1) is 14.1. The van der Waals surface area contributed by atoms with Crippen molar-refractivity contribution in [2.24, 2.45) is 11.3 Å². The lowest BCUT2D eigenvalue weighted by molar-refractivity contribution is -0.134. The van der Waals surface area contributed by atoms with Crippen molar-refractivity contribution in [2.45, 2.75) is 51.6 Å². The second-order valence-corrected chi connectivity index (χ2v) is 9.56. The Morgan fingerprint density at radius 3 is 2.38 bits per heavy atom. The molecule has 1 aliphatic carbocycles. The van der Waals surface area contributed by atoms with Gasteiger partial charge in [-0.25, -0.2) is 0 Å². The van der Waals surface area contributed by atoms with Crippen LogP contribution in [0.1, 0.15) is 45.4 Å². The predicted octanol–water partition coefficient (Wildman–Crippen LogP) is 0.938. The molecular formula is C22H38N4O3. The number of amides is 2. The van der Waals surface area contributed by atoms with Gasteiger partial charge < -0.3 is 24.8 Å². The Kier molecular flexibility index (Phi) is 6.76. The number of hydrogen-bond donors (Lipinski definition) is 1. The number of hydrogen-bond acceptors (Lipinski definition) is 5. The maximum Gasteiger partial charge on any atom is 0.223 e. The number of nitrogens with zero attached hydrogens (tertiary/aromatic N) is 3. The summed E-state index contributed by atoms with van der Waals surface area (Å²) in [5.74, 6) is 0.770. The fraction of sp³-hybridized carbons (Fsp3) is 0.909. The van der Waals surface area contributed by atoms with E-state index < -0.39 is 0 Å². The quantitative estimate of drug-likeness (QED) is 0.682. The minimum absolute atomic E-state index is 0.140. The van der Waals surface area contributed by atoms with Crippen molar-refractivity contribution < 1.29 is 14.3 Å². The van der Waals surface area contributed by atoms with Crippen molar-refractivity contribution in [3.05, 3.63) is 0 Å². The summed E-state index contributed by atoms with van der Waals surface area (Å²) in [5.41, 5.74) is 0.211. The maximum absolute atomic E-state index is 12.7. The van der Waals surface area contributed by atoms with Gasteiger partial charge in [-0.15, -0.1) is 0 Å². The lowest BCUT2D eigenvalue weighted by Crippen LogP contribution is -2.48. The molecule has 3 heterocycles. The third-order valence-electron chi connectivity index (χ3n) is 7.47. The van der Waals surface area contributed by atoms with E-state index in [2.05, 4.69) is 26.9 Å². The molecule has 0 aromatic rings. The first-order valence-electron chi connectivity index (χ1n) is 11.7. The summed E-state index contributed by atoms with van der Waals surface area (Å²) in [7, 11) is 0. The molecular weight excluding hydrogens is 368 g/mol. The van der Waals surface area contributed by atoms with Crippen LogP contribution in [0, 0.1) is 11.3 Å². The molecule has 0 bridgehead atoms. The Bertz CT molecular complexity index is 579. The summed E-state index contributed by atoms with van der Waals surface area (Å²) in [6.45, 7) is 11.8. The van der Waals surface area contributed by atoms with Crippen molar-refractivity contribution >= 4 is 11.8 Å². The van der Waals surface area contributed by atoms with Crippen molar-refractivity contribution in [3.63, 3.8) is 0 Å². The smallest absolute Gasteiger partial charge is 0.223 e. The molecule has 0 aromatic carbocycles. The zero-order valence-corrected chi connectivity index (χ0v) is 18.0. The SMILES string of the molecule is CCN1CCN(CCC(=O)N2CCC3(CC2)COC(CNC(=O)C2CC2)C3)CC1. The Balaban J connectivity index is 1.14. The van der Waals surface area contributed by atoms with E-state index in [4.69, 9.17) is 4.74 Å². The number of nitrogens with one attached hydrogen (secondary N) is 1. The Labute approximate surface area is 175 Å². The molecule has 1 saturated carbocycles. The van der Waals surface area contributed by atoms with Crippen LogP contribution in [0.4, 0.5) is 0 Å². The lowest BCUT2D eigenvalue weighted by atomic mass is 9.76. The van der Waals surface area contributed by atoms with Crippen LogP contribution in [0.15, 0.2) is 0 Å². The fourth-order valence-corrected chi connectivity index (χ4v) is 5.05. The molecule has 7 nitrogen and oxygen atoms in total. The number of likely N-dealkylation sites (tertiary alicyclic amines) is 1. The maximum atomic E-state index is 12.7.